The number of halogens is 1. The smallest absolute Gasteiger partial charge is 0.268 e. The van der Waals surface area contributed by atoms with Crippen LogP contribution in [0.25, 0.3) is 5.69 Å². The van der Waals surface area contributed by atoms with Crippen molar-refractivity contribution in [1.29, 1.82) is 0 Å². The van der Waals surface area contributed by atoms with Crippen molar-refractivity contribution < 1.29 is 14.0 Å². The average molecular weight is 409 g/mol. The quantitative estimate of drug-likeness (QED) is 0.845. The van der Waals surface area contributed by atoms with Crippen molar-refractivity contribution in [2.45, 2.75) is 45.1 Å². The maximum Gasteiger partial charge on any atom is 0.268 e. The van der Waals surface area contributed by atoms with Crippen LogP contribution >= 0.6 is 0 Å². The summed E-state index contributed by atoms with van der Waals surface area (Å²) in [6, 6.07) is 5.48. The highest BCUT2D eigenvalue weighted by molar-refractivity contribution is 5.94. The number of nitrogens with zero attached hydrogens (tertiary/aromatic N) is 2. The second kappa shape index (κ2) is 6.79. The number of benzene rings is 1. The molecule has 2 fully saturated rings. The summed E-state index contributed by atoms with van der Waals surface area (Å²) in [5.74, 6) is -0.899. The molecule has 2 amide bonds. The lowest BCUT2D eigenvalue weighted by atomic mass is 9.95. The van der Waals surface area contributed by atoms with Gasteiger partial charge in [0.15, 0.2) is 0 Å². The van der Waals surface area contributed by atoms with E-state index in [0.29, 0.717) is 30.8 Å². The van der Waals surface area contributed by atoms with Gasteiger partial charge in [-0.15, -0.1) is 0 Å². The summed E-state index contributed by atoms with van der Waals surface area (Å²) < 4.78 is 14.6. The molecule has 1 aliphatic heterocycles. The Morgan fingerprint density at radius 3 is 2.50 bits per heavy atom. The Kier molecular flexibility index (Phi) is 4.31. The number of carbonyl (C=O) groups is 2. The molecule has 5 rings (SSSR count). The summed E-state index contributed by atoms with van der Waals surface area (Å²) in [5, 5.41) is 0. The van der Waals surface area contributed by atoms with E-state index in [2.05, 4.69) is 0 Å². The number of fused-ring (bicyclic) bond motifs is 1. The molecular weight excluding hydrogens is 385 g/mol. The average Bonchev–Trinajstić information content (AvgIpc) is 3.22. The van der Waals surface area contributed by atoms with Crippen LogP contribution in [0.2, 0.25) is 0 Å². The molecule has 2 N–H and O–H groups in total. The molecule has 2 aliphatic carbocycles. The molecular formula is C23H24FN3O3. The summed E-state index contributed by atoms with van der Waals surface area (Å²) in [6.07, 6.45) is 7.77. The van der Waals surface area contributed by atoms with E-state index in [-0.39, 0.29) is 22.8 Å². The van der Waals surface area contributed by atoms with Crippen molar-refractivity contribution in [3.8, 4) is 5.69 Å². The fourth-order valence-electron chi connectivity index (χ4n) is 5.44. The fourth-order valence-corrected chi connectivity index (χ4v) is 5.44. The highest BCUT2D eigenvalue weighted by Gasteiger charge is 2.59. The van der Waals surface area contributed by atoms with Gasteiger partial charge in [-0.3, -0.25) is 19.0 Å². The van der Waals surface area contributed by atoms with E-state index in [1.54, 1.807) is 6.20 Å². The lowest BCUT2D eigenvalue weighted by molar-refractivity contribution is -0.134. The van der Waals surface area contributed by atoms with E-state index in [1.165, 1.54) is 41.7 Å². The first-order valence-electron chi connectivity index (χ1n) is 10.5. The lowest BCUT2D eigenvalue weighted by Gasteiger charge is -2.31. The first-order chi connectivity index (χ1) is 14.4. The van der Waals surface area contributed by atoms with Gasteiger partial charge in [-0.1, -0.05) is 12.8 Å². The third kappa shape index (κ3) is 2.95. The van der Waals surface area contributed by atoms with Crippen molar-refractivity contribution in [3.63, 3.8) is 0 Å². The molecule has 7 heteroatoms. The molecule has 1 atom stereocenters. The van der Waals surface area contributed by atoms with E-state index in [4.69, 9.17) is 5.73 Å². The van der Waals surface area contributed by atoms with E-state index < -0.39 is 17.3 Å². The molecule has 2 aromatic rings. The van der Waals surface area contributed by atoms with Gasteiger partial charge in [-0.25, -0.2) is 4.39 Å². The fraction of sp³-hybridized carbons (Fsp3) is 0.435. The minimum absolute atomic E-state index is 0.0393. The van der Waals surface area contributed by atoms with Crippen LogP contribution in [0.1, 0.15) is 53.6 Å². The van der Waals surface area contributed by atoms with Crippen LogP contribution in [0, 0.1) is 17.2 Å². The lowest BCUT2D eigenvalue weighted by Crippen LogP contribution is -2.41. The van der Waals surface area contributed by atoms with E-state index in [0.717, 1.165) is 24.8 Å². The van der Waals surface area contributed by atoms with Crippen molar-refractivity contribution in [2.75, 3.05) is 6.54 Å². The Labute approximate surface area is 173 Å². The third-order valence-corrected chi connectivity index (χ3v) is 7.15. The summed E-state index contributed by atoms with van der Waals surface area (Å²) in [5.41, 5.74) is 7.04. The van der Waals surface area contributed by atoms with Gasteiger partial charge < -0.3 is 10.6 Å². The van der Waals surface area contributed by atoms with Gasteiger partial charge in [-0.05, 0) is 66.5 Å². The molecule has 1 aromatic carbocycles. The first-order valence-corrected chi connectivity index (χ1v) is 10.5. The zero-order valence-corrected chi connectivity index (χ0v) is 16.7. The highest BCUT2D eigenvalue weighted by Crippen LogP contribution is 2.63. The molecule has 6 nitrogen and oxygen atoms in total. The molecule has 1 unspecified atom stereocenters. The summed E-state index contributed by atoms with van der Waals surface area (Å²) >= 11 is 0. The van der Waals surface area contributed by atoms with Gasteiger partial charge >= 0.3 is 0 Å². The molecule has 156 valence electrons. The second-order valence-electron chi connectivity index (χ2n) is 8.86. The number of pyridine rings is 1. The first kappa shape index (κ1) is 19.0. The van der Waals surface area contributed by atoms with Crippen LogP contribution in [0.3, 0.4) is 0 Å². The van der Waals surface area contributed by atoms with Crippen LogP contribution in [0.5, 0.6) is 0 Å². The summed E-state index contributed by atoms with van der Waals surface area (Å²) in [4.78, 5) is 40.0. The predicted molar refractivity (Wildman–Crippen MR) is 109 cm³/mol. The minimum atomic E-state index is -0.778. The van der Waals surface area contributed by atoms with Crippen LogP contribution < -0.4 is 11.3 Å². The number of hydrogen-bond donors (Lipinski definition) is 1. The Morgan fingerprint density at radius 2 is 1.83 bits per heavy atom. The van der Waals surface area contributed by atoms with Crippen LogP contribution in [-0.4, -0.2) is 27.8 Å². The SMILES string of the molecule is NC(=O)c1c2c(cn(-c3ccc(F)cc3)c1=O)CN(C(=O)C1CC13CCCC3)CC2. The number of hydrogen-bond acceptors (Lipinski definition) is 3. The number of carbonyl (C=O) groups excluding carboxylic acids is 2. The molecule has 0 bridgehead atoms. The molecule has 1 spiro atoms. The highest BCUT2D eigenvalue weighted by atomic mass is 19.1. The molecule has 0 saturated heterocycles. The molecule has 3 aliphatic rings. The van der Waals surface area contributed by atoms with E-state index in [9.17, 15) is 18.8 Å². The summed E-state index contributed by atoms with van der Waals surface area (Å²) in [7, 11) is 0. The zero-order valence-electron chi connectivity index (χ0n) is 16.7. The Hall–Kier alpha value is -2.96. The zero-order chi connectivity index (χ0) is 21.0. The number of amides is 2. The molecule has 2 heterocycles. The number of primary amides is 1. The van der Waals surface area contributed by atoms with Gasteiger partial charge in [0.2, 0.25) is 5.91 Å². The van der Waals surface area contributed by atoms with Gasteiger partial charge in [0.1, 0.15) is 11.4 Å². The molecule has 2 saturated carbocycles. The van der Waals surface area contributed by atoms with E-state index >= 15 is 0 Å². The van der Waals surface area contributed by atoms with Crippen molar-refractivity contribution >= 4 is 11.8 Å². The van der Waals surface area contributed by atoms with Crippen LogP contribution in [0.4, 0.5) is 4.39 Å². The normalized spacial score (nSPS) is 21.5. The topological polar surface area (TPSA) is 85.4 Å². The molecule has 30 heavy (non-hydrogen) atoms. The van der Waals surface area contributed by atoms with Crippen LogP contribution in [-0.2, 0) is 17.8 Å². The standard InChI is InChI=1S/C23H24FN3O3/c24-15-3-5-16(6-4-15)27-13-14-12-26(10-7-17(14)19(20(25)28)22(27)30)21(29)18-11-23(18)8-1-2-9-23/h3-6,13,18H,1-2,7-12H2,(H2,25,28). The Balaban J connectivity index is 1.50. The maximum absolute atomic E-state index is 13.3. The van der Waals surface area contributed by atoms with Crippen molar-refractivity contribution in [2.24, 2.45) is 17.1 Å². The molecule has 1 aromatic heterocycles. The van der Waals surface area contributed by atoms with Gasteiger partial charge in [0.25, 0.3) is 11.5 Å². The Bertz CT molecular complexity index is 1100. The monoisotopic (exact) mass is 409 g/mol. The largest absolute Gasteiger partial charge is 0.365 e. The van der Waals surface area contributed by atoms with Gasteiger partial charge in [-0.2, -0.15) is 0 Å². The van der Waals surface area contributed by atoms with Crippen molar-refractivity contribution in [1.82, 2.24) is 9.47 Å². The molecule has 0 radical (unpaired) electrons. The summed E-state index contributed by atoms with van der Waals surface area (Å²) in [6.45, 7) is 0.835. The second-order valence-corrected chi connectivity index (χ2v) is 8.86. The maximum atomic E-state index is 13.3. The van der Waals surface area contributed by atoms with E-state index in [1.807, 2.05) is 4.90 Å². The van der Waals surface area contributed by atoms with Gasteiger partial charge in [0.05, 0.1) is 0 Å². The van der Waals surface area contributed by atoms with Crippen molar-refractivity contribution in [3.05, 3.63) is 63.3 Å². The van der Waals surface area contributed by atoms with Crippen LogP contribution in [0.15, 0.2) is 35.3 Å². The minimum Gasteiger partial charge on any atom is -0.365 e. The number of nitrogens with two attached hydrogens (primary N) is 1. The predicted octanol–water partition coefficient (Wildman–Crippen LogP) is 2.54. The number of rotatable bonds is 3. The Morgan fingerprint density at radius 1 is 1.13 bits per heavy atom. The third-order valence-electron chi connectivity index (χ3n) is 7.15. The van der Waals surface area contributed by atoms with Gasteiger partial charge in [0, 0.05) is 30.9 Å². The number of aromatic nitrogens is 1.